The van der Waals surface area contributed by atoms with Crippen LogP contribution in [0.3, 0.4) is 0 Å². The Hall–Kier alpha value is -1.69. The molecule has 94 valence electrons. The molecule has 1 N–H and O–H groups in total. The van der Waals surface area contributed by atoms with E-state index in [4.69, 9.17) is 0 Å². The van der Waals surface area contributed by atoms with E-state index in [1.807, 2.05) is 12.1 Å². The Balaban J connectivity index is 2.41. The summed E-state index contributed by atoms with van der Waals surface area (Å²) >= 11 is 3.25. The number of aromatic nitrogens is 3. The maximum Gasteiger partial charge on any atom is 0.268 e. The average Bonchev–Trinajstić information content (AvgIpc) is 2.40. The Labute approximate surface area is 113 Å². The first kappa shape index (κ1) is 12.8. The Morgan fingerprint density at radius 2 is 2.22 bits per heavy atom. The molecule has 0 amide bonds. The monoisotopic (exact) mass is 308 g/mol. The van der Waals surface area contributed by atoms with Gasteiger partial charge in [-0.25, -0.2) is 9.97 Å². The molecule has 0 unspecified atom stereocenters. The van der Waals surface area contributed by atoms with E-state index >= 15 is 0 Å². The summed E-state index contributed by atoms with van der Waals surface area (Å²) in [6, 6.07) is 3.77. The standard InChI is InChI=1S/C12H13BrN4O/c1-8-10(13)12(18)17(7-16-8)6-9-4-3-5-15-11(9)14-2/h3-5,7H,6H2,1-2H3,(H,14,15). The summed E-state index contributed by atoms with van der Waals surface area (Å²) in [5.41, 5.74) is 1.55. The van der Waals surface area contributed by atoms with Gasteiger partial charge in [-0.1, -0.05) is 6.07 Å². The summed E-state index contributed by atoms with van der Waals surface area (Å²) in [5.74, 6) is 0.765. The molecule has 0 fully saturated rings. The lowest BCUT2D eigenvalue weighted by atomic mass is 10.2. The van der Waals surface area contributed by atoms with Crippen LogP contribution in [-0.2, 0) is 6.54 Å². The van der Waals surface area contributed by atoms with Crippen molar-refractivity contribution in [2.24, 2.45) is 0 Å². The molecule has 0 atom stereocenters. The van der Waals surface area contributed by atoms with Crippen LogP contribution >= 0.6 is 15.9 Å². The van der Waals surface area contributed by atoms with Crippen LogP contribution in [0.1, 0.15) is 11.3 Å². The van der Waals surface area contributed by atoms with Crippen LogP contribution in [0.5, 0.6) is 0 Å². The number of rotatable bonds is 3. The SMILES string of the molecule is CNc1ncccc1Cn1cnc(C)c(Br)c1=O. The van der Waals surface area contributed by atoms with Gasteiger partial charge in [0.15, 0.2) is 0 Å². The second-order valence-corrected chi connectivity index (χ2v) is 4.63. The minimum atomic E-state index is -0.0894. The van der Waals surface area contributed by atoms with E-state index in [1.54, 1.807) is 31.1 Å². The highest BCUT2D eigenvalue weighted by atomic mass is 79.9. The average molecular weight is 309 g/mol. The lowest BCUT2D eigenvalue weighted by Crippen LogP contribution is -2.23. The van der Waals surface area contributed by atoms with Crippen LogP contribution in [0, 0.1) is 6.92 Å². The lowest BCUT2D eigenvalue weighted by molar-refractivity contribution is 0.723. The molecule has 2 rings (SSSR count). The van der Waals surface area contributed by atoms with Crippen LogP contribution in [0.15, 0.2) is 33.9 Å². The smallest absolute Gasteiger partial charge is 0.268 e. The molecule has 0 aliphatic carbocycles. The zero-order chi connectivity index (χ0) is 13.1. The van der Waals surface area contributed by atoms with Crippen LogP contribution in [-0.4, -0.2) is 21.6 Å². The highest BCUT2D eigenvalue weighted by Crippen LogP contribution is 2.12. The molecule has 2 heterocycles. The van der Waals surface area contributed by atoms with Crippen LogP contribution in [0.4, 0.5) is 5.82 Å². The maximum atomic E-state index is 12.0. The van der Waals surface area contributed by atoms with Gasteiger partial charge in [-0.15, -0.1) is 0 Å². The van der Waals surface area contributed by atoms with E-state index in [9.17, 15) is 4.79 Å². The molecule has 0 bridgehead atoms. The predicted molar refractivity (Wildman–Crippen MR) is 73.8 cm³/mol. The third kappa shape index (κ3) is 2.43. The summed E-state index contributed by atoms with van der Waals surface area (Å²) in [4.78, 5) is 20.4. The van der Waals surface area contributed by atoms with Gasteiger partial charge in [0.1, 0.15) is 10.3 Å². The van der Waals surface area contributed by atoms with Crippen molar-refractivity contribution in [2.75, 3.05) is 12.4 Å². The number of halogens is 1. The zero-order valence-electron chi connectivity index (χ0n) is 10.1. The predicted octanol–water partition coefficient (Wildman–Crippen LogP) is 1.80. The molecule has 0 spiro atoms. The summed E-state index contributed by atoms with van der Waals surface area (Å²) in [5, 5.41) is 3.00. The summed E-state index contributed by atoms with van der Waals surface area (Å²) in [7, 11) is 1.80. The number of nitrogens with zero attached hydrogens (tertiary/aromatic N) is 3. The molecule has 2 aromatic rings. The van der Waals surface area contributed by atoms with Gasteiger partial charge in [-0.3, -0.25) is 9.36 Å². The van der Waals surface area contributed by atoms with Gasteiger partial charge in [-0.2, -0.15) is 0 Å². The number of anilines is 1. The zero-order valence-corrected chi connectivity index (χ0v) is 11.7. The van der Waals surface area contributed by atoms with E-state index in [0.717, 1.165) is 11.4 Å². The summed E-state index contributed by atoms with van der Waals surface area (Å²) in [6.45, 7) is 2.23. The number of aryl methyl sites for hydroxylation is 1. The highest BCUT2D eigenvalue weighted by molar-refractivity contribution is 9.10. The Bertz CT molecular complexity index is 624. The fourth-order valence-electron chi connectivity index (χ4n) is 1.63. The molecule has 0 saturated carbocycles. The van der Waals surface area contributed by atoms with Crippen LogP contribution in [0.2, 0.25) is 0 Å². The molecular weight excluding hydrogens is 296 g/mol. The highest BCUT2D eigenvalue weighted by Gasteiger charge is 2.08. The molecule has 5 nitrogen and oxygen atoms in total. The van der Waals surface area contributed by atoms with Crippen LogP contribution in [0.25, 0.3) is 0 Å². The third-order valence-electron chi connectivity index (χ3n) is 2.63. The Morgan fingerprint density at radius 1 is 1.44 bits per heavy atom. The minimum absolute atomic E-state index is 0.0894. The van der Waals surface area contributed by atoms with Crippen molar-refractivity contribution >= 4 is 21.7 Å². The molecule has 0 radical (unpaired) electrons. The fraction of sp³-hybridized carbons (Fsp3) is 0.250. The Kier molecular flexibility index (Phi) is 3.76. The molecule has 2 aromatic heterocycles. The number of pyridine rings is 1. The largest absolute Gasteiger partial charge is 0.373 e. The molecule has 0 aromatic carbocycles. The van der Waals surface area contributed by atoms with Gasteiger partial charge >= 0.3 is 0 Å². The van der Waals surface area contributed by atoms with E-state index in [1.165, 1.54) is 0 Å². The van der Waals surface area contributed by atoms with Crippen LogP contribution < -0.4 is 10.9 Å². The third-order valence-corrected chi connectivity index (χ3v) is 3.54. The molecule has 0 aliphatic rings. The van der Waals surface area contributed by atoms with E-state index in [2.05, 4.69) is 31.2 Å². The van der Waals surface area contributed by atoms with Gasteiger partial charge in [0.25, 0.3) is 5.56 Å². The van der Waals surface area contributed by atoms with Crippen molar-refractivity contribution in [3.8, 4) is 0 Å². The van der Waals surface area contributed by atoms with Crippen molar-refractivity contribution in [1.29, 1.82) is 0 Å². The topological polar surface area (TPSA) is 59.8 Å². The van der Waals surface area contributed by atoms with Crippen molar-refractivity contribution in [1.82, 2.24) is 14.5 Å². The first-order valence-electron chi connectivity index (χ1n) is 5.46. The number of hydrogen-bond acceptors (Lipinski definition) is 4. The molecule has 18 heavy (non-hydrogen) atoms. The maximum absolute atomic E-state index is 12.0. The summed E-state index contributed by atoms with van der Waals surface area (Å²) < 4.78 is 2.05. The van der Waals surface area contributed by atoms with E-state index in [-0.39, 0.29) is 5.56 Å². The first-order valence-corrected chi connectivity index (χ1v) is 6.26. The van der Waals surface area contributed by atoms with Gasteiger partial charge in [0.2, 0.25) is 0 Å². The van der Waals surface area contributed by atoms with Gasteiger partial charge in [-0.05, 0) is 28.9 Å². The van der Waals surface area contributed by atoms with Gasteiger partial charge in [0.05, 0.1) is 18.6 Å². The number of nitrogens with one attached hydrogen (secondary N) is 1. The normalized spacial score (nSPS) is 10.4. The van der Waals surface area contributed by atoms with Crippen molar-refractivity contribution in [3.63, 3.8) is 0 Å². The first-order chi connectivity index (χ1) is 8.63. The molecular formula is C12H13BrN4O. The van der Waals surface area contributed by atoms with Crippen molar-refractivity contribution in [3.05, 3.63) is 50.7 Å². The number of hydrogen-bond donors (Lipinski definition) is 1. The van der Waals surface area contributed by atoms with Crippen molar-refractivity contribution in [2.45, 2.75) is 13.5 Å². The lowest BCUT2D eigenvalue weighted by Gasteiger charge is -2.10. The fourth-order valence-corrected chi connectivity index (χ4v) is 1.96. The second kappa shape index (κ2) is 5.30. The molecule has 0 saturated heterocycles. The van der Waals surface area contributed by atoms with Gasteiger partial charge in [0, 0.05) is 18.8 Å². The molecule has 6 heteroatoms. The van der Waals surface area contributed by atoms with E-state index in [0.29, 0.717) is 16.7 Å². The van der Waals surface area contributed by atoms with E-state index < -0.39 is 0 Å². The summed E-state index contributed by atoms with van der Waals surface area (Å²) in [6.07, 6.45) is 3.26. The minimum Gasteiger partial charge on any atom is -0.373 e. The molecule has 0 aliphatic heterocycles. The second-order valence-electron chi connectivity index (χ2n) is 3.84. The Morgan fingerprint density at radius 3 is 2.94 bits per heavy atom. The van der Waals surface area contributed by atoms with Crippen molar-refractivity contribution < 1.29 is 0 Å². The quantitative estimate of drug-likeness (QED) is 0.939. The van der Waals surface area contributed by atoms with Gasteiger partial charge < -0.3 is 5.32 Å².